The number of hydrogen-bond donors (Lipinski definition) is 2. The number of nitrogens with one attached hydrogen (secondary N) is 2. The standard InChI is InChI=1S/C26H47N5O2/c1-3-4-5-6-7-8-9-10-11-12-17-28-25(32)16-13-18-29-26(33)23-15-14-20-31(23)22-24-27-19-21-30(24)2/h19,21,23H,3-18,20,22H2,1-2H3,(H,28,32)(H,29,33). The Labute approximate surface area is 201 Å². The van der Waals surface area contributed by atoms with Gasteiger partial charge in [-0.2, -0.15) is 0 Å². The number of carbonyl (C=O) groups excluding carboxylic acids is 2. The third kappa shape index (κ3) is 11.2. The summed E-state index contributed by atoms with van der Waals surface area (Å²) in [6, 6.07) is -0.0909. The molecule has 0 bridgehead atoms. The van der Waals surface area contributed by atoms with E-state index >= 15 is 0 Å². The number of aryl methyl sites for hydroxylation is 1. The van der Waals surface area contributed by atoms with Crippen LogP contribution in [0.25, 0.3) is 0 Å². The largest absolute Gasteiger partial charge is 0.356 e. The van der Waals surface area contributed by atoms with E-state index in [9.17, 15) is 9.59 Å². The van der Waals surface area contributed by atoms with Crippen LogP contribution in [0.1, 0.15) is 103 Å². The molecule has 1 aliphatic rings. The van der Waals surface area contributed by atoms with Crippen molar-refractivity contribution in [2.45, 2.75) is 109 Å². The van der Waals surface area contributed by atoms with E-state index in [0.29, 0.717) is 25.9 Å². The van der Waals surface area contributed by atoms with E-state index in [1.54, 1.807) is 6.20 Å². The first-order valence-electron chi connectivity index (χ1n) is 13.4. The average molecular weight is 462 g/mol. The summed E-state index contributed by atoms with van der Waals surface area (Å²) in [4.78, 5) is 31.2. The van der Waals surface area contributed by atoms with Crippen LogP contribution in [0.3, 0.4) is 0 Å². The lowest BCUT2D eigenvalue weighted by Crippen LogP contribution is -2.43. The van der Waals surface area contributed by atoms with Gasteiger partial charge in [0.15, 0.2) is 0 Å². The predicted octanol–water partition coefficient (Wildman–Crippen LogP) is 4.32. The molecule has 2 N–H and O–H groups in total. The summed E-state index contributed by atoms with van der Waals surface area (Å²) in [6.07, 6.45) is 19.8. The molecule has 2 heterocycles. The lowest BCUT2D eigenvalue weighted by molar-refractivity contribution is -0.126. The maximum atomic E-state index is 12.6. The molecule has 188 valence electrons. The highest BCUT2D eigenvalue weighted by atomic mass is 16.2. The summed E-state index contributed by atoms with van der Waals surface area (Å²) < 4.78 is 2.00. The first kappa shape index (κ1) is 27.4. The second kappa shape index (κ2) is 16.7. The number of aromatic nitrogens is 2. The molecule has 1 aliphatic heterocycles. The van der Waals surface area contributed by atoms with E-state index in [1.807, 2.05) is 17.8 Å². The van der Waals surface area contributed by atoms with Gasteiger partial charge in [-0.15, -0.1) is 0 Å². The molecule has 1 fully saturated rings. The molecule has 0 aliphatic carbocycles. The molecule has 1 aromatic rings. The molecule has 1 saturated heterocycles. The first-order chi connectivity index (χ1) is 16.1. The smallest absolute Gasteiger partial charge is 0.237 e. The normalized spacial score (nSPS) is 16.2. The van der Waals surface area contributed by atoms with Gasteiger partial charge in [0, 0.05) is 39.0 Å². The van der Waals surface area contributed by atoms with Crippen molar-refractivity contribution in [3.63, 3.8) is 0 Å². The van der Waals surface area contributed by atoms with E-state index < -0.39 is 0 Å². The number of likely N-dealkylation sites (tertiary alicyclic amines) is 1. The third-order valence-corrected chi connectivity index (χ3v) is 6.66. The van der Waals surface area contributed by atoms with Crippen LogP contribution >= 0.6 is 0 Å². The van der Waals surface area contributed by atoms with Crippen LogP contribution < -0.4 is 10.6 Å². The lowest BCUT2D eigenvalue weighted by Gasteiger charge is -2.23. The van der Waals surface area contributed by atoms with Crippen molar-refractivity contribution in [2.24, 2.45) is 7.05 Å². The SMILES string of the molecule is CCCCCCCCCCCCNC(=O)CCCNC(=O)C1CCCN1Cc1nccn1C. The van der Waals surface area contributed by atoms with Gasteiger partial charge >= 0.3 is 0 Å². The molecule has 1 unspecified atom stereocenters. The van der Waals surface area contributed by atoms with Crippen molar-refractivity contribution in [2.75, 3.05) is 19.6 Å². The van der Waals surface area contributed by atoms with Gasteiger partial charge < -0.3 is 15.2 Å². The second-order valence-corrected chi connectivity index (χ2v) is 9.51. The maximum Gasteiger partial charge on any atom is 0.237 e. The summed E-state index contributed by atoms with van der Waals surface area (Å²) in [6.45, 7) is 5.20. The zero-order chi connectivity index (χ0) is 23.7. The number of carbonyl (C=O) groups is 2. The number of rotatable bonds is 18. The number of amides is 2. The molecule has 2 amide bonds. The van der Waals surface area contributed by atoms with E-state index in [0.717, 1.165) is 38.2 Å². The molecular weight excluding hydrogens is 414 g/mol. The van der Waals surface area contributed by atoms with Crippen LogP contribution in [0.2, 0.25) is 0 Å². The third-order valence-electron chi connectivity index (χ3n) is 6.66. The Hall–Kier alpha value is -1.89. The van der Waals surface area contributed by atoms with Crippen molar-refractivity contribution < 1.29 is 9.59 Å². The molecule has 0 saturated carbocycles. The van der Waals surface area contributed by atoms with Gasteiger partial charge in [0.1, 0.15) is 5.82 Å². The summed E-state index contributed by atoms with van der Waals surface area (Å²) in [5.41, 5.74) is 0. The zero-order valence-electron chi connectivity index (χ0n) is 21.1. The van der Waals surface area contributed by atoms with Crippen molar-refractivity contribution in [1.29, 1.82) is 0 Å². The van der Waals surface area contributed by atoms with Crippen molar-refractivity contribution in [1.82, 2.24) is 25.1 Å². The van der Waals surface area contributed by atoms with Gasteiger partial charge in [-0.25, -0.2) is 4.98 Å². The van der Waals surface area contributed by atoms with E-state index in [-0.39, 0.29) is 17.9 Å². The Morgan fingerprint density at radius 2 is 1.64 bits per heavy atom. The first-order valence-corrected chi connectivity index (χ1v) is 13.4. The van der Waals surface area contributed by atoms with Gasteiger partial charge in [-0.1, -0.05) is 64.7 Å². The summed E-state index contributed by atoms with van der Waals surface area (Å²) >= 11 is 0. The summed E-state index contributed by atoms with van der Waals surface area (Å²) in [5.74, 6) is 1.15. The molecule has 7 nitrogen and oxygen atoms in total. The van der Waals surface area contributed by atoms with Crippen LogP contribution in [0.5, 0.6) is 0 Å². The van der Waals surface area contributed by atoms with E-state index in [4.69, 9.17) is 0 Å². The molecule has 1 atom stereocenters. The second-order valence-electron chi connectivity index (χ2n) is 9.51. The van der Waals surface area contributed by atoms with Crippen molar-refractivity contribution in [3.05, 3.63) is 18.2 Å². The quantitative estimate of drug-likeness (QED) is 0.319. The number of nitrogens with zero attached hydrogens (tertiary/aromatic N) is 3. The van der Waals surface area contributed by atoms with Crippen LogP contribution in [-0.2, 0) is 23.2 Å². The Balaban J connectivity index is 1.44. The predicted molar refractivity (Wildman–Crippen MR) is 134 cm³/mol. The van der Waals surface area contributed by atoms with Crippen molar-refractivity contribution >= 4 is 11.8 Å². The molecule has 1 aromatic heterocycles. The summed E-state index contributed by atoms with van der Waals surface area (Å²) in [7, 11) is 1.98. The minimum atomic E-state index is -0.0909. The molecule has 33 heavy (non-hydrogen) atoms. The van der Waals surface area contributed by atoms with Crippen LogP contribution in [0, 0.1) is 0 Å². The average Bonchev–Trinajstić information content (AvgIpc) is 3.44. The minimum absolute atomic E-state index is 0.0764. The highest BCUT2D eigenvalue weighted by Gasteiger charge is 2.31. The van der Waals surface area contributed by atoms with E-state index in [1.165, 1.54) is 57.8 Å². The fourth-order valence-electron chi connectivity index (χ4n) is 4.55. The van der Waals surface area contributed by atoms with Gasteiger partial charge in [-0.05, 0) is 32.2 Å². The van der Waals surface area contributed by atoms with Crippen LogP contribution in [0.4, 0.5) is 0 Å². The molecule has 0 spiro atoms. The van der Waals surface area contributed by atoms with Gasteiger partial charge in [0.2, 0.25) is 11.8 Å². The zero-order valence-corrected chi connectivity index (χ0v) is 21.1. The van der Waals surface area contributed by atoms with Gasteiger partial charge in [0.05, 0.1) is 12.6 Å². The van der Waals surface area contributed by atoms with Gasteiger partial charge in [0.25, 0.3) is 0 Å². The van der Waals surface area contributed by atoms with Gasteiger partial charge in [-0.3, -0.25) is 14.5 Å². The highest BCUT2D eigenvalue weighted by molar-refractivity contribution is 5.82. The van der Waals surface area contributed by atoms with Crippen LogP contribution in [-0.4, -0.2) is 51.9 Å². The van der Waals surface area contributed by atoms with Crippen LogP contribution in [0.15, 0.2) is 12.4 Å². The number of imidazole rings is 1. The number of hydrogen-bond acceptors (Lipinski definition) is 4. The van der Waals surface area contributed by atoms with E-state index in [2.05, 4.69) is 27.4 Å². The molecule has 0 radical (unpaired) electrons. The molecule has 2 rings (SSSR count). The number of unbranched alkanes of at least 4 members (excludes halogenated alkanes) is 9. The molecular formula is C26H47N5O2. The Kier molecular flexibility index (Phi) is 13.8. The molecule has 7 heteroatoms. The Morgan fingerprint density at radius 3 is 2.30 bits per heavy atom. The Bertz CT molecular complexity index is 675. The lowest BCUT2D eigenvalue weighted by atomic mass is 10.1. The fourth-order valence-corrected chi connectivity index (χ4v) is 4.55. The monoisotopic (exact) mass is 461 g/mol. The highest BCUT2D eigenvalue weighted by Crippen LogP contribution is 2.19. The van der Waals surface area contributed by atoms with Crippen molar-refractivity contribution in [3.8, 4) is 0 Å². The topological polar surface area (TPSA) is 79.3 Å². The minimum Gasteiger partial charge on any atom is -0.356 e. The fraction of sp³-hybridized carbons (Fsp3) is 0.808. The maximum absolute atomic E-state index is 12.6. The summed E-state index contributed by atoms with van der Waals surface area (Å²) in [5, 5.41) is 6.05. The Morgan fingerprint density at radius 1 is 0.970 bits per heavy atom. The molecule has 0 aromatic carbocycles.